The van der Waals surface area contributed by atoms with E-state index < -0.39 is 5.41 Å². The largest absolute Gasteiger partial charge is 0.352 e. The number of nitrogens with two attached hydrogens (primary N) is 1. The number of benzene rings is 1. The SMILES string of the molecule is CCC(C)(CN)C(=O)NCc1ccccc1C. The van der Waals surface area contributed by atoms with Crippen LogP contribution in [0.1, 0.15) is 31.4 Å². The van der Waals surface area contributed by atoms with E-state index >= 15 is 0 Å². The van der Waals surface area contributed by atoms with Gasteiger partial charge in [0.05, 0.1) is 5.41 Å². The Hall–Kier alpha value is -1.35. The number of hydrogen-bond acceptors (Lipinski definition) is 2. The molecule has 0 bridgehead atoms. The van der Waals surface area contributed by atoms with Crippen molar-refractivity contribution in [2.75, 3.05) is 6.54 Å². The second-order valence-corrected chi connectivity index (χ2v) is 4.73. The molecule has 1 unspecified atom stereocenters. The molecule has 3 nitrogen and oxygen atoms in total. The summed E-state index contributed by atoms with van der Waals surface area (Å²) in [5.74, 6) is 0.0331. The predicted molar refractivity (Wildman–Crippen MR) is 70.5 cm³/mol. The number of carbonyl (C=O) groups excluding carboxylic acids is 1. The van der Waals surface area contributed by atoms with Crippen LogP contribution in [0.3, 0.4) is 0 Å². The first kappa shape index (κ1) is 13.7. The van der Waals surface area contributed by atoms with Crippen LogP contribution in [0.5, 0.6) is 0 Å². The fraction of sp³-hybridized carbons (Fsp3) is 0.500. The highest BCUT2D eigenvalue weighted by Gasteiger charge is 2.29. The second kappa shape index (κ2) is 5.82. The van der Waals surface area contributed by atoms with Crippen LogP contribution >= 0.6 is 0 Å². The van der Waals surface area contributed by atoms with Crippen molar-refractivity contribution < 1.29 is 4.79 Å². The van der Waals surface area contributed by atoms with Crippen molar-refractivity contribution in [3.63, 3.8) is 0 Å². The molecule has 0 saturated carbocycles. The minimum absolute atomic E-state index is 0.0331. The Morgan fingerprint density at radius 1 is 1.41 bits per heavy atom. The number of carbonyl (C=O) groups is 1. The minimum atomic E-state index is -0.456. The normalized spacial score (nSPS) is 14.1. The van der Waals surface area contributed by atoms with E-state index in [2.05, 4.69) is 5.32 Å². The van der Waals surface area contributed by atoms with Crippen LogP contribution < -0.4 is 11.1 Å². The second-order valence-electron chi connectivity index (χ2n) is 4.73. The number of aryl methyl sites for hydroxylation is 1. The lowest BCUT2D eigenvalue weighted by Crippen LogP contribution is -2.43. The molecule has 0 aliphatic heterocycles. The highest BCUT2D eigenvalue weighted by molar-refractivity contribution is 5.82. The number of rotatable bonds is 5. The summed E-state index contributed by atoms with van der Waals surface area (Å²) in [5, 5.41) is 2.96. The van der Waals surface area contributed by atoms with Crippen molar-refractivity contribution in [2.24, 2.45) is 11.1 Å². The Balaban J connectivity index is 2.63. The van der Waals surface area contributed by atoms with Crippen LogP contribution in [0, 0.1) is 12.3 Å². The van der Waals surface area contributed by atoms with Gasteiger partial charge >= 0.3 is 0 Å². The molecule has 0 fully saturated rings. The molecule has 1 amide bonds. The van der Waals surface area contributed by atoms with Crippen molar-refractivity contribution in [3.05, 3.63) is 35.4 Å². The van der Waals surface area contributed by atoms with Crippen molar-refractivity contribution in [3.8, 4) is 0 Å². The summed E-state index contributed by atoms with van der Waals surface area (Å²) >= 11 is 0. The molecule has 0 spiro atoms. The molecule has 17 heavy (non-hydrogen) atoms. The summed E-state index contributed by atoms with van der Waals surface area (Å²) in [7, 11) is 0. The standard InChI is InChI=1S/C14H22N2O/c1-4-14(3,10-15)13(17)16-9-12-8-6-5-7-11(12)2/h5-8H,4,9-10,15H2,1-3H3,(H,16,17). The van der Waals surface area contributed by atoms with Gasteiger partial charge in [0, 0.05) is 13.1 Å². The first-order valence-corrected chi connectivity index (χ1v) is 6.06. The fourth-order valence-corrected chi connectivity index (χ4v) is 1.59. The molecule has 1 atom stereocenters. The monoisotopic (exact) mass is 234 g/mol. The molecular weight excluding hydrogens is 212 g/mol. The molecule has 1 rings (SSSR count). The maximum atomic E-state index is 12.0. The van der Waals surface area contributed by atoms with Gasteiger partial charge in [-0.25, -0.2) is 0 Å². The van der Waals surface area contributed by atoms with Gasteiger partial charge in [-0.05, 0) is 31.4 Å². The van der Waals surface area contributed by atoms with Crippen molar-refractivity contribution in [2.45, 2.75) is 33.7 Å². The number of hydrogen-bond donors (Lipinski definition) is 2. The Morgan fingerprint density at radius 3 is 2.59 bits per heavy atom. The molecule has 0 saturated heterocycles. The molecule has 3 N–H and O–H groups in total. The third-order valence-corrected chi connectivity index (χ3v) is 3.48. The van der Waals surface area contributed by atoms with E-state index in [1.165, 1.54) is 5.56 Å². The van der Waals surface area contributed by atoms with Gasteiger partial charge in [0.25, 0.3) is 0 Å². The average molecular weight is 234 g/mol. The average Bonchev–Trinajstić information content (AvgIpc) is 2.36. The van der Waals surface area contributed by atoms with Gasteiger partial charge in [-0.15, -0.1) is 0 Å². The zero-order valence-electron chi connectivity index (χ0n) is 10.9. The number of nitrogens with one attached hydrogen (secondary N) is 1. The third kappa shape index (κ3) is 3.30. The van der Waals surface area contributed by atoms with E-state index in [1.54, 1.807) is 0 Å². The van der Waals surface area contributed by atoms with Gasteiger partial charge in [0.2, 0.25) is 5.91 Å². The smallest absolute Gasteiger partial charge is 0.227 e. The van der Waals surface area contributed by atoms with Crippen LogP contribution in [0.2, 0.25) is 0 Å². The molecule has 1 aromatic rings. The topological polar surface area (TPSA) is 55.1 Å². The van der Waals surface area contributed by atoms with Crippen molar-refractivity contribution in [1.82, 2.24) is 5.32 Å². The van der Waals surface area contributed by atoms with E-state index in [1.807, 2.05) is 45.0 Å². The molecule has 3 heteroatoms. The maximum Gasteiger partial charge on any atom is 0.227 e. The molecule has 0 radical (unpaired) electrons. The zero-order chi connectivity index (χ0) is 12.9. The summed E-state index contributed by atoms with van der Waals surface area (Å²) in [6, 6.07) is 8.05. The van der Waals surface area contributed by atoms with Crippen LogP contribution in [-0.2, 0) is 11.3 Å². The summed E-state index contributed by atoms with van der Waals surface area (Å²) < 4.78 is 0. The molecule has 1 aromatic carbocycles. The maximum absolute atomic E-state index is 12.0. The highest BCUT2D eigenvalue weighted by Crippen LogP contribution is 2.19. The zero-order valence-corrected chi connectivity index (χ0v) is 10.9. The van der Waals surface area contributed by atoms with E-state index in [0.29, 0.717) is 13.1 Å². The van der Waals surface area contributed by atoms with E-state index in [4.69, 9.17) is 5.73 Å². The van der Waals surface area contributed by atoms with Gasteiger partial charge in [-0.2, -0.15) is 0 Å². The van der Waals surface area contributed by atoms with Crippen molar-refractivity contribution in [1.29, 1.82) is 0 Å². The minimum Gasteiger partial charge on any atom is -0.352 e. The predicted octanol–water partition coefficient (Wildman–Crippen LogP) is 1.99. The highest BCUT2D eigenvalue weighted by atomic mass is 16.2. The van der Waals surface area contributed by atoms with E-state index in [0.717, 1.165) is 12.0 Å². The summed E-state index contributed by atoms with van der Waals surface area (Å²) in [5.41, 5.74) is 7.54. The summed E-state index contributed by atoms with van der Waals surface area (Å²) in [4.78, 5) is 12.0. The first-order valence-electron chi connectivity index (χ1n) is 6.06. The van der Waals surface area contributed by atoms with Gasteiger partial charge in [-0.3, -0.25) is 4.79 Å². The Bertz CT molecular complexity index is 384. The van der Waals surface area contributed by atoms with Gasteiger partial charge < -0.3 is 11.1 Å². The fourth-order valence-electron chi connectivity index (χ4n) is 1.59. The van der Waals surface area contributed by atoms with Crippen LogP contribution in [0.4, 0.5) is 0 Å². The molecule has 0 aliphatic rings. The number of amides is 1. The lowest BCUT2D eigenvalue weighted by molar-refractivity contribution is -0.130. The quantitative estimate of drug-likeness (QED) is 0.818. The molecule has 0 aliphatic carbocycles. The van der Waals surface area contributed by atoms with Gasteiger partial charge in [0.15, 0.2) is 0 Å². The first-order chi connectivity index (χ1) is 8.03. The Kier molecular flexibility index (Phi) is 4.70. The van der Waals surface area contributed by atoms with Crippen LogP contribution in [0.15, 0.2) is 24.3 Å². The van der Waals surface area contributed by atoms with Gasteiger partial charge in [-0.1, -0.05) is 31.2 Å². The Morgan fingerprint density at radius 2 is 2.06 bits per heavy atom. The molecule has 0 heterocycles. The lowest BCUT2D eigenvalue weighted by atomic mass is 9.86. The third-order valence-electron chi connectivity index (χ3n) is 3.48. The molecule has 0 aromatic heterocycles. The van der Waals surface area contributed by atoms with Crippen LogP contribution in [0.25, 0.3) is 0 Å². The lowest BCUT2D eigenvalue weighted by Gasteiger charge is -2.25. The molecule has 94 valence electrons. The van der Waals surface area contributed by atoms with Crippen molar-refractivity contribution >= 4 is 5.91 Å². The molecular formula is C14H22N2O. The summed E-state index contributed by atoms with van der Waals surface area (Å²) in [6.07, 6.45) is 0.753. The van der Waals surface area contributed by atoms with E-state index in [-0.39, 0.29) is 5.91 Å². The Labute approximate surface area is 103 Å². The van der Waals surface area contributed by atoms with E-state index in [9.17, 15) is 4.79 Å². The van der Waals surface area contributed by atoms with Gasteiger partial charge in [0.1, 0.15) is 0 Å². The summed E-state index contributed by atoms with van der Waals surface area (Å²) in [6.45, 7) is 6.88. The van der Waals surface area contributed by atoms with Crippen LogP contribution in [-0.4, -0.2) is 12.5 Å².